The number of hydrogen-bond acceptors (Lipinski definition) is 3. The standard InChI is InChI=1S/C12H18ClN5/c1-5-18-11(12(13)9(3)16-18)6-14-10-7-17(4)15-8(10)2/h7,14H,5-6H2,1-4H3. The van der Waals surface area contributed by atoms with Gasteiger partial charge in [0, 0.05) is 19.8 Å². The molecule has 0 aliphatic heterocycles. The number of aromatic nitrogens is 4. The molecule has 2 aromatic heterocycles. The molecule has 2 aromatic rings. The minimum absolute atomic E-state index is 0.653. The van der Waals surface area contributed by atoms with Crippen molar-refractivity contribution >= 4 is 17.3 Å². The van der Waals surface area contributed by atoms with Crippen molar-refractivity contribution in [3.8, 4) is 0 Å². The molecule has 98 valence electrons. The number of anilines is 1. The van der Waals surface area contributed by atoms with Gasteiger partial charge in [-0.1, -0.05) is 11.6 Å². The van der Waals surface area contributed by atoms with Gasteiger partial charge in [0.15, 0.2) is 0 Å². The molecule has 1 N–H and O–H groups in total. The number of aryl methyl sites for hydroxylation is 4. The molecule has 2 rings (SSSR count). The molecule has 0 saturated heterocycles. The van der Waals surface area contributed by atoms with Crippen molar-refractivity contribution in [3.05, 3.63) is 28.3 Å². The van der Waals surface area contributed by atoms with Gasteiger partial charge < -0.3 is 5.32 Å². The molecule has 5 nitrogen and oxygen atoms in total. The Morgan fingerprint density at radius 1 is 1.28 bits per heavy atom. The quantitative estimate of drug-likeness (QED) is 0.926. The Bertz CT molecular complexity index is 555. The zero-order valence-electron chi connectivity index (χ0n) is 11.2. The molecule has 6 heteroatoms. The molecule has 0 unspecified atom stereocenters. The minimum atomic E-state index is 0.653. The summed E-state index contributed by atoms with van der Waals surface area (Å²) in [7, 11) is 1.91. The summed E-state index contributed by atoms with van der Waals surface area (Å²) in [5, 5.41) is 12.8. The minimum Gasteiger partial charge on any atom is -0.377 e. The van der Waals surface area contributed by atoms with Gasteiger partial charge in [-0.25, -0.2) is 0 Å². The highest BCUT2D eigenvalue weighted by Gasteiger charge is 2.12. The van der Waals surface area contributed by atoms with Gasteiger partial charge in [-0.15, -0.1) is 0 Å². The van der Waals surface area contributed by atoms with Crippen molar-refractivity contribution in [1.82, 2.24) is 19.6 Å². The second-order valence-corrected chi connectivity index (χ2v) is 4.70. The summed E-state index contributed by atoms with van der Waals surface area (Å²) < 4.78 is 3.72. The van der Waals surface area contributed by atoms with E-state index in [4.69, 9.17) is 11.6 Å². The van der Waals surface area contributed by atoms with Crippen LogP contribution in [0.15, 0.2) is 6.20 Å². The lowest BCUT2D eigenvalue weighted by Gasteiger charge is -2.07. The Morgan fingerprint density at radius 3 is 2.56 bits per heavy atom. The van der Waals surface area contributed by atoms with E-state index in [0.29, 0.717) is 6.54 Å². The third kappa shape index (κ3) is 2.36. The first-order chi connectivity index (χ1) is 8.52. The van der Waals surface area contributed by atoms with Crippen molar-refractivity contribution in [1.29, 1.82) is 0 Å². The van der Waals surface area contributed by atoms with Crippen LogP contribution in [0.1, 0.15) is 24.0 Å². The Hall–Kier alpha value is -1.49. The number of nitrogens with zero attached hydrogens (tertiary/aromatic N) is 4. The predicted octanol–water partition coefficient (Wildman–Crippen LogP) is 2.52. The van der Waals surface area contributed by atoms with Crippen LogP contribution < -0.4 is 5.32 Å². The van der Waals surface area contributed by atoms with Crippen LogP contribution in [0.5, 0.6) is 0 Å². The average Bonchev–Trinajstić information content (AvgIpc) is 2.78. The first-order valence-electron chi connectivity index (χ1n) is 5.98. The number of nitrogens with one attached hydrogen (secondary N) is 1. The van der Waals surface area contributed by atoms with E-state index in [1.54, 1.807) is 4.68 Å². The third-order valence-electron chi connectivity index (χ3n) is 2.91. The highest BCUT2D eigenvalue weighted by Crippen LogP contribution is 2.22. The van der Waals surface area contributed by atoms with Crippen molar-refractivity contribution in [3.63, 3.8) is 0 Å². The molecule has 0 aromatic carbocycles. The summed E-state index contributed by atoms with van der Waals surface area (Å²) in [4.78, 5) is 0. The van der Waals surface area contributed by atoms with Crippen LogP contribution in [0.3, 0.4) is 0 Å². The molecular weight excluding hydrogens is 250 g/mol. The summed E-state index contributed by atoms with van der Waals surface area (Å²) in [6.07, 6.45) is 1.96. The Balaban J connectivity index is 2.17. The molecule has 0 aliphatic rings. The molecule has 2 heterocycles. The molecule has 0 fully saturated rings. The summed E-state index contributed by atoms with van der Waals surface area (Å²) in [5.74, 6) is 0. The van der Waals surface area contributed by atoms with E-state index in [0.717, 1.165) is 34.3 Å². The van der Waals surface area contributed by atoms with Gasteiger partial charge in [0.2, 0.25) is 0 Å². The molecule has 0 bridgehead atoms. The van der Waals surface area contributed by atoms with Crippen molar-refractivity contribution in [2.24, 2.45) is 7.05 Å². The lowest BCUT2D eigenvalue weighted by molar-refractivity contribution is 0.623. The first-order valence-corrected chi connectivity index (χ1v) is 6.36. The zero-order chi connectivity index (χ0) is 13.3. The molecule has 0 atom stereocenters. The average molecular weight is 268 g/mol. The van der Waals surface area contributed by atoms with Crippen LogP contribution in [0.2, 0.25) is 5.02 Å². The van der Waals surface area contributed by atoms with Gasteiger partial charge in [-0.05, 0) is 20.8 Å². The molecule has 0 aliphatic carbocycles. The highest BCUT2D eigenvalue weighted by atomic mass is 35.5. The molecule has 0 saturated carbocycles. The van der Waals surface area contributed by atoms with Crippen LogP contribution in [-0.2, 0) is 20.1 Å². The monoisotopic (exact) mass is 267 g/mol. The van der Waals surface area contributed by atoms with Gasteiger partial charge in [-0.2, -0.15) is 10.2 Å². The summed E-state index contributed by atoms with van der Waals surface area (Å²) in [5.41, 5.74) is 3.89. The Kier molecular flexibility index (Phi) is 3.61. The summed E-state index contributed by atoms with van der Waals surface area (Å²) >= 11 is 6.26. The summed E-state index contributed by atoms with van der Waals surface area (Å²) in [6, 6.07) is 0. The van der Waals surface area contributed by atoms with Gasteiger partial charge in [0.05, 0.1) is 34.3 Å². The van der Waals surface area contributed by atoms with Crippen LogP contribution in [0.4, 0.5) is 5.69 Å². The maximum absolute atomic E-state index is 6.26. The lowest BCUT2D eigenvalue weighted by atomic mass is 10.3. The normalized spacial score (nSPS) is 10.9. The molecular formula is C12H18ClN5. The largest absolute Gasteiger partial charge is 0.377 e. The fourth-order valence-electron chi connectivity index (χ4n) is 1.99. The second kappa shape index (κ2) is 5.02. The van der Waals surface area contributed by atoms with Gasteiger partial charge in [0.1, 0.15) is 0 Å². The van der Waals surface area contributed by atoms with Crippen LogP contribution in [0, 0.1) is 13.8 Å². The fraction of sp³-hybridized carbons (Fsp3) is 0.500. The molecule has 18 heavy (non-hydrogen) atoms. The third-order valence-corrected chi connectivity index (χ3v) is 3.40. The summed E-state index contributed by atoms with van der Waals surface area (Å²) in [6.45, 7) is 7.43. The van der Waals surface area contributed by atoms with E-state index < -0.39 is 0 Å². The van der Waals surface area contributed by atoms with Gasteiger partial charge >= 0.3 is 0 Å². The number of hydrogen-bond donors (Lipinski definition) is 1. The van der Waals surface area contributed by atoms with Crippen LogP contribution >= 0.6 is 11.6 Å². The smallest absolute Gasteiger partial charge is 0.0865 e. The van der Waals surface area contributed by atoms with Crippen LogP contribution in [-0.4, -0.2) is 19.6 Å². The van der Waals surface area contributed by atoms with E-state index in [9.17, 15) is 0 Å². The first kappa shape index (κ1) is 13.0. The molecule has 0 spiro atoms. The lowest BCUT2D eigenvalue weighted by Crippen LogP contribution is -2.08. The van der Waals surface area contributed by atoms with Gasteiger partial charge in [-0.3, -0.25) is 9.36 Å². The fourth-order valence-corrected chi connectivity index (χ4v) is 2.19. The Labute approximate surface area is 112 Å². The SMILES string of the molecule is CCn1nc(C)c(Cl)c1CNc1cn(C)nc1C. The second-order valence-electron chi connectivity index (χ2n) is 4.32. The molecule has 0 amide bonds. The topological polar surface area (TPSA) is 47.7 Å². The highest BCUT2D eigenvalue weighted by molar-refractivity contribution is 6.31. The van der Waals surface area contributed by atoms with Crippen molar-refractivity contribution in [2.75, 3.05) is 5.32 Å². The maximum Gasteiger partial charge on any atom is 0.0865 e. The number of halogens is 1. The van der Waals surface area contributed by atoms with E-state index in [-0.39, 0.29) is 0 Å². The molecule has 0 radical (unpaired) electrons. The van der Waals surface area contributed by atoms with Gasteiger partial charge in [0.25, 0.3) is 0 Å². The Morgan fingerprint density at radius 2 is 2.00 bits per heavy atom. The van der Waals surface area contributed by atoms with Crippen molar-refractivity contribution < 1.29 is 0 Å². The predicted molar refractivity (Wildman–Crippen MR) is 72.9 cm³/mol. The van der Waals surface area contributed by atoms with E-state index in [1.165, 1.54) is 0 Å². The van der Waals surface area contributed by atoms with E-state index >= 15 is 0 Å². The number of rotatable bonds is 4. The van der Waals surface area contributed by atoms with E-state index in [1.807, 2.05) is 31.8 Å². The zero-order valence-corrected chi connectivity index (χ0v) is 11.9. The van der Waals surface area contributed by atoms with Crippen molar-refractivity contribution in [2.45, 2.75) is 33.9 Å². The van der Waals surface area contributed by atoms with E-state index in [2.05, 4.69) is 22.4 Å². The maximum atomic E-state index is 6.26. The van der Waals surface area contributed by atoms with Crippen LogP contribution in [0.25, 0.3) is 0 Å².